The van der Waals surface area contributed by atoms with Crippen molar-refractivity contribution in [3.05, 3.63) is 40.1 Å². The van der Waals surface area contributed by atoms with E-state index in [4.69, 9.17) is 0 Å². The number of esters is 1. The summed E-state index contributed by atoms with van der Waals surface area (Å²) in [6.07, 6.45) is 2.83. The highest BCUT2D eigenvalue weighted by molar-refractivity contribution is 9.10. The van der Waals surface area contributed by atoms with Crippen molar-refractivity contribution in [2.45, 2.75) is 0 Å². The predicted molar refractivity (Wildman–Crippen MR) is 55.2 cm³/mol. The van der Waals surface area contributed by atoms with Gasteiger partial charge >= 0.3 is 5.97 Å². The summed E-state index contributed by atoms with van der Waals surface area (Å²) in [4.78, 5) is 10.7. The van der Waals surface area contributed by atoms with Crippen LogP contribution in [0, 0.1) is 5.82 Å². The van der Waals surface area contributed by atoms with Gasteiger partial charge in [0.05, 0.1) is 11.6 Å². The number of ether oxygens (including phenoxy) is 1. The van der Waals surface area contributed by atoms with Crippen molar-refractivity contribution in [2.75, 3.05) is 7.11 Å². The van der Waals surface area contributed by atoms with E-state index in [1.165, 1.54) is 19.3 Å². The SMILES string of the molecule is COC(=O)C=Cc1ccc(F)c(Br)c1. The summed E-state index contributed by atoms with van der Waals surface area (Å²) in [6.45, 7) is 0. The second kappa shape index (κ2) is 4.91. The van der Waals surface area contributed by atoms with E-state index in [2.05, 4.69) is 20.7 Å². The van der Waals surface area contributed by atoms with E-state index < -0.39 is 5.97 Å². The van der Waals surface area contributed by atoms with Gasteiger partial charge in [0.25, 0.3) is 0 Å². The van der Waals surface area contributed by atoms with Gasteiger partial charge in [-0.1, -0.05) is 6.07 Å². The van der Waals surface area contributed by atoms with Crippen LogP contribution in [0.2, 0.25) is 0 Å². The molecule has 0 aliphatic rings. The Morgan fingerprint density at radius 2 is 2.29 bits per heavy atom. The summed E-state index contributed by atoms with van der Waals surface area (Å²) in [5.41, 5.74) is 0.726. The normalized spacial score (nSPS) is 10.5. The minimum absolute atomic E-state index is 0.333. The van der Waals surface area contributed by atoms with Crippen LogP contribution in [0.25, 0.3) is 6.08 Å². The highest BCUT2D eigenvalue weighted by Crippen LogP contribution is 2.17. The van der Waals surface area contributed by atoms with E-state index in [9.17, 15) is 9.18 Å². The number of carbonyl (C=O) groups is 1. The summed E-state index contributed by atoms with van der Waals surface area (Å²) < 4.78 is 17.6. The van der Waals surface area contributed by atoms with Gasteiger partial charge in [-0.15, -0.1) is 0 Å². The molecule has 4 heteroatoms. The predicted octanol–water partition coefficient (Wildman–Crippen LogP) is 2.77. The summed E-state index contributed by atoms with van der Waals surface area (Å²) in [6, 6.07) is 4.47. The van der Waals surface area contributed by atoms with E-state index in [1.807, 2.05) is 0 Å². The number of hydrogen-bond donors (Lipinski definition) is 0. The smallest absolute Gasteiger partial charge is 0.330 e. The van der Waals surface area contributed by atoms with Crippen molar-refractivity contribution >= 4 is 28.0 Å². The highest BCUT2D eigenvalue weighted by Gasteiger charge is 1.98. The fraction of sp³-hybridized carbons (Fsp3) is 0.100. The molecule has 1 rings (SSSR count). The molecule has 0 aromatic heterocycles. The van der Waals surface area contributed by atoms with Crippen LogP contribution in [-0.2, 0) is 9.53 Å². The zero-order valence-corrected chi connectivity index (χ0v) is 9.05. The van der Waals surface area contributed by atoms with Gasteiger partial charge in [-0.3, -0.25) is 0 Å². The minimum atomic E-state index is -0.439. The lowest BCUT2D eigenvalue weighted by molar-refractivity contribution is -0.134. The zero-order chi connectivity index (χ0) is 10.6. The quantitative estimate of drug-likeness (QED) is 0.603. The number of halogens is 2. The van der Waals surface area contributed by atoms with E-state index in [1.54, 1.807) is 18.2 Å². The Hall–Kier alpha value is -1.16. The zero-order valence-electron chi connectivity index (χ0n) is 7.46. The van der Waals surface area contributed by atoms with Crippen LogP contribution in [-0.4, -0.2) is 13.1 Å². The average molecular weight is 259 g/mol. The van der Waals surface area contributed by atoms with Gasteiger partial charge in [0, 0.05) is 6.08 Å². The van der Waals surface area contributed by atoms with Crippen LogP contribution in [0.4, 0.5) is 4.39 Å². The van der Waals surface area contributed by atoms with Gasteiger partial charge in [0.2, 0.25) is 0 Å². The van der Waals surface area contributed by atoms with Gasteiger partial charge in [-0.2, -0.15) is 0 Å². The molecule has 0 radical (unpaired) electrons. The lowest BCUT2D eigenvalue weighted by atomic mass is 10.2. The first-order valence-electron chi connectivity index (χ1n) is 3.84. The van der Waals surface area contributed by atoms with Gasteiger partial charge in [-0.25, -0.2) is 9.18 Å². The van der Waals surface area contributed by atoms with Crippen LogP contribution >= 0.6 is 15.9 Å². The van der Waals surface area contributed by atoms with Crippen molar-refractivity contribution < 1.29 is 13.9 Å². The molecule has 1 aromatic rings. The van der Waals surface area contributed by atoms with Crippen LogP contribution in [0.15, 0.2) is 28.7 Å². The standard InChI is InChI=1S/C10H8BrFO2/c1-14-10(13)5-3-7-2-4-9(12)8(11)6-7/h2-6H,1H3. The third kappa shape index (κ3) is 2.96. The summed E-state index contributed by atoms with van der Waals surface area (Å²) in [5, 5.41) is 0. The van der Waals surface area contributed by atoms with Crippen molar-refractivity contribution in [1.82, 2.24) is 0 Å². The largest absolute Gasteiger partial charge is 0.466 e. The molecule has 0 heterocycles. The third-order valence-electron chi connectivity index (χ3n) is 1.56. The first-order valence-corrected chi connectivity index (χ1v) is 4.64. The monoisotopic (exact) mass is 258 g/mol. The molecule has 1 aromatic carbocycles. The van der Waals surface area contributed by atoms with E-state index in [-0.39, 0.29) is 5.82 Å². The Morgan fingerprint density at radius 3 is 2.86 bits per heavy atom. The summed E-state index contributed by atoms with van der Waals surface area (Å²) in [7, 11) is 1.30. The molecule has 0 saturated heterocycles. The van der Waals surface area contributed by atoms with Crippen LogP contribution in [0.1, 0.15) is 5.56 Å². The number of benzene rings is 1. The molecule has 2 nitrogen and oxygen atoms in total. The molecule has 0 saturated carbocycles. The molecule has 0 N–H and O–H groups in total. The van der Waals surface area contributed by atoms with Gasteiger partial charge in [-0.05, 0) is 39.7 Å². The molecule has 74 valence electrons. The topological polar surface area (TPSA) is 26.3 Å². The first kappa shape index (κ1) is 10.9. The molecule has 0 bridgehead atoms. The van der Waals surface area contributed by atoms with Crippen molar-refractivity contribution in [3.8, 4) is 0 Å². The second-order valence-corrected chi connectivity index (χ2v) is 3.38. The number of methoxy groups -OCH3 is 1. The second-order valence-electron chi connectivity index (χ2n) is 2.53. The van der Waals surface area contributed by atoms with E-state index >= 15 is 0 Å². The Bertz CT molecular complexity index is 374. The molecule has 0 spiro atoms. The number of hydrogen-bond acceptors (Lipinski definition) is 2. The molecule has 0 fully saturated rings. The van der Waals surface area contributed by atoms with Crippen LogP contribution in [0.5, 0.6) is 0 Å². The Kier molecular flexibility index (Phi) is 3.83. The lowest BCUT2D eigenvalue weighted by Crippen LogP contribution is -1.93. The average Bonchev–Trinajstić information content (AvgIpc) is 2.19. The van der Waals surface area contributed by atoms with Crippen molar-refractivity contribution in [2.24, 2.45) is 0 Å². The molecule has 0 aliphatic heterocycles. The fourth-order valence-corrected chi connectivity index (χ4v) is 1.24. The molecular weight excluding hydrogens is 251 g/mol. The maximum absolute atomic E-state index is 12.8. The Labute approximate surface area is 89.5 Å². The maximum Gasteiger partial charge on any atom is 0.330 e. The van der Waals surface area contributed by atoms with Gasteiger partial charge in [0.1, 0.15) is 5.82 Å². The molecular formula is C10H8BrFO2. The van der Waals surface area contributed by atoms with Crippen molar-refractivity contribution in [1.29, 1.82) is 0 Å². The molecule has 0 amide bonds. The third-order valence-corrected chi connectivity index (χ3v) is 2.16. The van der Waals surface area contributed by atoms with Gasteiger partial charge < -0.3 is 4.74 Å². The van der Waals surface area contributed by atoms with E-state index in [0.29, 0.717) is 4.47 Å². The maximum atomic E-state index is 12.8. The minimum Gasteiger partial charge on any atom is -0.466 e. The van der Waals surface area contributed by atoms with Gasteiger partial charge in [0.15, 0.2) is 0 Å². The summed E-state index contributed by atoms with van der Waals surface area (Å²) in [5.74, 6) is -0.773. The first-order chi connectivity index (χ1) is 6.63. The fourth-order valence-electron chi connectivity index (χ4n) is 0.848. The number of carbonyl (C=O) groups excluding carboxylic acids is 1. The lowest BCUT2D eigenvalue weighted by Gasteiger charge is -1.96. The summed E-state index contributed by atoms with van der Waals surface area (Å²) >= 11 is 3.05. The van der Waals surface area contributed by atoms with Crippen LogP contribution in [0.3, 0.4) is 0 Å². The molecule has 0 aliphatic carbocycles. The Balaban J connectivity index is 2.83. The highest BCUT2D eigenvalue weighted by atomic mass is 79.9. The number of rotatable bonds is 2. The van der Waals surface area contributed by atoms with Crippen molar-refractivity contribution in [3.63, 3.8) is 0 Å². The molecule has 0 atom stereocenters. The Morgan fingerprint density at radius 1 is 1.57 bits per heavy atom. The van der Waals surface area contributed by atoms with E-state index in [0.717, 1.165) is 5.56 Å². The van der Waals surface area contributed by atoms with Crippen LogP contribution < -0.4 is 0 Å². The molecule has 14 heavy (non-hydrogen) atoms. The molecule has 0 unspecified atom stereocenters.